The van der Waals surface area contributed by atoms with Gasteiger partial charge in [-0.25, -0.2) is 0 Å². The molecule has 0 amide bonds. The standard InChI is InChI=1S/C11H17N/c1-3-11(2,9-12)10-7-5-4-6-8-10/h5,7,10H,3-4,6,8H2,1-2H3. The minimum absolute atomic E-state index is 0.128. The molecule has 1 nitrogen and oxygen atoms in total. The highest BCUT2D eigenvalue weighted by Crippen LogP contribution is 2.36. The lowest BCUT2D eigenvalue weighted by molar-refractivity contribution is 0.281. The number of allylic oxidation sites excluding steroid dienone is 2. The highest BCUT2D eigenvalue weighted by molar-refractivity contribution is 5.08. The van der Waals surface area contributed by atoms with E-state index in [4.69, 9.17) is 5.26 Å². The first-order valence-electron chi connectivity index (χ1n) is 4.81. The van der Waals surface area contributed by atoms with Crippen molar-refractivity contribution in [3.05, 3.63) is 12.2 Å². The third kappa shape index (κ3) is 1.69. The van der Waals surface area contributed by atoms with Crippen molar-refractivity contribution >= 4 is 0 Å². The number of hydrogen-bond acceptors (Lipinski definition) is 1. The highest BCUT2D eigenvalue weighted by Gasteiger charge is 2.31. The van der Waals surface area contributed by atoms with Crippen LogP contribution in [0.5, 0.6) is 0 Å². The van der Waals surface area contributed by atoms with Crippen molar-refractivity contribution in [2.75, 3.05) is 0 Å². The lowest BCUT2D eigenvalue weighted by Gasteiger charge is -2.30. The third-order valence-corrected chi connectivity index (χ3v) is 3.06. The van der Waals surface area contributed by atoms with Crippen LogP contribution in [0.25, 0.3) is 0 Å². The van der Waals surface area contributed by atoms with Gasteiger partial charge < -0.3 is 0 Å². The molecule has 1 aliphatic carbocycles. The fourth-order valence-corrected chi connectivity index (χ4v) is 1.77. The smallest absolute Gasteiger partial charge is 0.0692 e. The van der Waals surface area contributed by atoms with Gasteiger partial charge in [-0.2, -0.15) is 5.26 Å². The number of nitriles is 1. The summed E-state index contributed by atoms with van der Waals surface area (Å²) in [6.07, 6.45) is 9.04. The van der Waals surface area contributed by atoms with Gasteiger partial charge in [-0.3, -0.25) is 0 Å². The van der Waals surface area contributed by atoms with Crippen LogP contribution in [-0.4, -0.2) is 0 Å². The van der Waals surface area contributed by atoms with Gasteiger partial charge in [0.1, 0.15) is 0 Å². The van der Waals surface area contributed by atoms with E-state index in [-0.39, 0.29) is 5.41 Å². The van der Waals surface area contributed by atoms with Crippen molar-refractivity contribution in [2.24, 2.45) is 11.3 Å². The molecule has 0 radical (unpaired) electrons. The van der Waals surface area contributed by atoms with Crippen LogP contribution in [0, 0.1) is 22.7 Å². The Kier molecular flexibility index (Phi) is 2.92. The zero-order valence-electron chi connectivity index (χ0n) is 8.01. The van der Waals surface area contributed by atoms with Gasteiger partial charge in [-0.15, -0.1) is 0 Å². The van der Waals surface area contributed by atoms with E-state index in [9.17, 15) is 0 Å². The molecule has 0 heterocycles. The van der Waals surface area contributed by atoms with Crippen molar-refractivity contribution in [2.45, 2.75) is 39.5 Å². The monoisotopic (exact) mass is 163 g/mol. The zero-order chi connectivity index (χ0) is 9.03. The van der Waals surface area contributed by atoms with E-state index in [1.165, 1.54) is 19.3 Å². The van der Waals surface area contributed by atoms with Crippen LogP contribution in [-0.2, 0) is 0 Å². The number of rotatable bonds is 2. The second-order valence-corrected chi connectivity index (χ2v) is 3.85. The molecule has 0 aromatic rings. The van der Waals surface area contributed by atoms with Crippen LogP contribution in [0.15, 0.2) is 12.2 Å². The van der Waals surface area contributed by atoms with E-state index < -0.39 is 0 Å². The molecule has 1 aliphatic rings. The molecule has 66 valence electrons. The van der Waals surface area contributed by atoms with Gasteiger partial charge in [0.05, 0.1) is 11.5 Å². The molecule has 1 rings (SSSR count). The highest BCUT2D eigenvalue weighted by atomic mass is 14.4. The molecular formula is C11H17N. The predicted molar refractivity (Wildman–Crippen MR) is 50.5 cm³/mol. The average Bonchev–Trinajstić information content (AvgIpc) is 2.18. The van der Waals surface area contributed by atoms with Crippen molar-refractivity contribution in [3.63, 3.8) is 0 Å². The quantitative estimate of drug-likeness (QED) is 0.573. The minimum Gasteiger partial charge on any atom is -0.198 e. The summed E-state index contributed by atoms with van der Waals surface area (Å²) in [4.78, 5) is 0. The normalized spacial score (nSPS) is 27.6. The first-order chi connectivity index (χ1) is 5.73. The molecule has 0 fully saturated rings. The third-order valence-electron chi connectivity index (χ3n) is 3.06. The van der Waals surface area contributed by atoms with Gasteiger partial charge in [0.2, 0.25) is 0 Å². The van der Waals surface area contributed by atoms with Crippen molar-refractivity contribution in [1.29, 1.82) is 5.26 Å². The first kappa shape index (κ1) is 9.32. The molecule has 0 saturated carbocycles. The summed E-state index contributed by atoms with van der Waals surface area (Å²) >= 11 is 0. The molecule has 0 spiro atoms. The van der Waals surface area contributed by atoms with E-state index in [0.29, 0.717) is 5.92 Å². The van der Waals surface area contributed by atoms with Crippen molar-refractivity contribution in [3.8, 4) is 6.07 Å². The second-order valence-electron chi connectivity index (χ2n) is 3.85. The lowest BCUT2D eigenvalue weighted by atomic mass is 9.72. The van der Waals surface area contributed by atoms with E-state index in [0.717, 1.165) is 6.42 Å². The van der Waals surface area contributed by atoms with E-state index in [1.807, 2.05) is 0 Å². The number of nitrogens with zero attached hydrogens (tertiary/aromatic N) is 1. The Morgan fingerprint density at radius 3 is 2.83 bits per heavy atom. The van der Waals surface area contributed by atoms with Gasteiger partial charge in [0, 0.05) is 0 Å². The van der Waals surface area contributed by atoms with E-state index in [2.05, 4.69) is 32.1 Å². The lowest BCUT2D eigenvalue weighted by Crippen LogP contribution is -2.24. The maximum absolute atomic E-state index is 9.05. The van der Waals surface area contributed by atoms with Crippen LogP contribution in [0.2, 0.25) is 0 Å². The van der Waals surface area contributed by atoms with Gasteiger partial charge in [0.25, 0.3) is 0 Å². The summed E-state index contributed by atoms with van der Waals surface area (Å²) in [6.45, 7) is 4.18. The summed E-state index contributed by atoms with van der Waals surface area (Å²) in [5.41, 5.74) is -0.128. The molecule has 0 bridgehead atoms. The van der Waals surface area contributed by atoms with Gasteiger partial charge in [0.15, 0.2) is 0 Å². The van der Waals surface area contributed by atoms with Crippen LogP contribution >= 0.6 is 0 Å². The zero-order valence-corrected chi connectivity index (χ0v) is 8.01. The maximum atomic E-state index is 9.05. The summed E-state index contributed by atoms with van der Waals surface area (Å²) in [7, 11) is 0. The van der Waals surface area contributed by atoms with Crippen LogP contribution in [0.4, 0.5) is 0 Å². The fraction of sp³-hybridized carbons (Fsp3) is 0.727. The van der Waals surface area contributed by atoms with Crippen molar-refractivity contribution in [1.82, 2.24) is 0 Å². The van der Waals surface area contributed by atoms with E-state index in [1.54, 1.807) is 0 Å². The Hall–Kier alpha value is -0.770. The Labute approximate surface area is 75.1 Å². The molecule has 2 atom stereocenters. The first-order valence-corrected chi connectivity index (χ1v) is 4.81. The molecule has 1 heteroatoms. The minimum atomic E-state index is -0.128. The molecule has 0 N–H and O–H groups in total. The summed E-state index contributed by atoms with van der Waals surface area (Å²) in [5.74, 6) is 0.487. The van der Waals surface area contributed by atoms with Crippen molar-refractivity contribution < 1.29 is 0 Å². The van der Waals surface area contributed by atoms with E-state index >= 15 is 0 Å². The summed E-state index contributed by atoms with van der Waals surface area (Å²) in [5, 5.41) is 9.05. The average molecular weight is 163 g/mol. The molecular weight excluding hydrogens is 146 g/mol. The SMILES string of the molecule is CCC(C)(C#N)C1C=CCCC1. The Balaban J connectivity index is 2.72. The Morgan fingerprint density at radius 2 is 2.42 bits per heavy atom. The van der Waals surface area contributed by atoms with Gasteiger partial charge in [-0.1, -0.05) is 19.1 Å². The fourth-order valence-electron chi connectivity index (χ4n) is 1.77. The maximum Gasteiger partial charge on any atom is 0.0692 e. The van der Waals surface area contributed by atoms with Crippen LogP contribution in [0.3, 0.4) is 0 Å². The summed E-state index contributed by atoms with van der Waals surface area (Å²) in [6, 6.07) is 2.45. The topological polar surface area (TPSA) is 23.8 Å². The Bertz CT molecular complexity index is 212. The molecule has 0 aliphatic heterocycles. The summed E-state index contributed by atoms with van der Waals surface area (Å²) < 4.78 is 0. The molecule has 0 aromatic carbocycles. The predicted octanol–water partition coefficient (Wildman–Crippen LogP) is 3.28. The molecule has 2 unspecified atom stereocenters. The second kappa shape index (κ2) is 3.76. The molecule has 12 heavy (non-hydrogen) atoms. The van der Waals surface area contributed by atoms with Gasteiger partial charge in [-0.05, 0) is 38.5 Å². The van der Waals surface area contributed by atoms with Crippen LogP contribution in [0.1, 0.15) is 39.5 Å². The Morgan fingerprint density at radius 1 is 1.67 bits per heavy atom. The number of hydrogen-bond donors (Lipinski definition) is 0. The van der Waals surface area contributed by atoms with Crippen LogP contribution < -0.4 is 0 Å². The van der Waals surface area contributed by atoms with Gasteiger partial charge >= 0.3 is 0 Å². The molecule has 0 aromatic heterocycles. The largest absolute Gasteiger partial charge is 0.198 e. The molecule has 0 saturated heterocycles.